The summed E-state index contributed by atoms with van der Waals surface area (Å²) in [6.07, 6.45) is 3.55. The van der Waals surface area contributed by atoms with Crippen molar-refractivity contribution in [2.24, 2.45) is 0 Å². The molecule has 0 saturated carbocycles. The summed E-state index contributed by atoms with van der Waals surface area (Å²) in [7, 11) is 0. The maximum Gasteiger partial charge on any atom is 0.344 e. The lowest BCUT2D eigenvalue weighted by Crippen LogP contribution is -2.19. The number of nitrogens with one attached hydrogen (secondary N) is 1. The molecule has 0 aliphatic heterocycles. The van der Waals surface area contributed by atoms with Crippen molar-refractivity contribution < 1.29 is 9.53 Å². The van der Waals surface area contributed by atoms with Gasteiger partial charge < -0.3 is 14.1 Å². The highest BCUT2D eigenvalue weighted by molar-refractivity contribution is 5.89. The van der Waals surface area contributed by atoms with Crippen LogP contribution < -0.4 is 5.56 Å². The van der Waals surface area contributed by atoms with Crippen molar-refractivity contribution in [2.75, 3.05) is 0 Å². The van der Waals surface area contributed by atoms with E-state index in [1.807, 2.05) is 54.7 Å². The van der Waals surface area contributed by atoms with Crippen LogP contribution in [0.25, 0.3) is 16.8 Å². The molecule has 0 atom stereocenters. The first-order chi connectivity index (χ1) is 13.7. The minimum absolute atomic E-state index is 0.0815. The Hall–Kier alpha value is -4.11. The van der Waals surface area contributed by atoms with Crippen LogP contribution in [0.5, 0.6) is 0 Å². The number of esters is 1. The fraction of sp³-hybridized carbons (Fsp3) is 0.0455. The summed E-state index contributed by atoms with van der Waals surface area (Å²) in [4.78, 5) is 27.4. The van der Waals surface area contributed by atoms with Crippen molar-refractivity contribution in [3.63, 3.8) is 0 Å². The number of hydrogen-bond donors (Lipinski definition) is 1. The van der Waals surface area contributed by atoms with Gasteiger partial charge in [0.15, 0.2) is 0 Å². The van der Waals surface area contributed by atoms with E-state index in [1.165, 1.54) is 6.07 Å². The van der Waals surface area contributed by atoms with Crippen molar-refractivity contribution >= 4 is 11.5 Å². The fourth-order valence-electron chi connectivity index (χ4n) is 3.06. The average Bonchev–Trinajstić information content (AvgIpc) is 3.10. The summed E-state index contributed by atoms with van der Waals surface area (Å²) < 4.78 is 7.08. The van der Waals surface area contributed by atoms with Crippen molar-refractivity contribution in [1.29, 1.82) is 5.26 Å². The molecule has 1 aromatic carbocycles. The third kappa shape index (κ3) is 3.17. The predicted octanol–water partition coefficient (Wildman–Crippen LogP) is 3.52. The van der Waals surface area contributed by atoms with Crippen molar-refractivity contribution in [3.05, 3.63) is 100 Å². The highest BCUT2D eigenvalue weighted by atomic mass is 16.5. The molecule has 0 aliphatic carbocycles. The van der Waals surface area contributed by atoms with Crippen LogP contribution >= 0.6 is 0 Å². The van der Waals surface area contributed by atoms with E-state index in [0.29, 0.717) is 16.8 Å². The smallest absolute Gasteiger partial charge is 0.344 e. The van der Waals surface area contributed by atoms with Gasteiger partial charge in [-0.15, -0.1) is 0 Å². The van der Waals surface area contributed by atoms with Crippen LogP contribution in [-0.2, 0) is 11.3 Å². The Morgan fingerprint density at radius 2 is 1.86 bits per heavy atom. The van der Waals surface area contributed by atoms with Crippen LogP contribution in [0.15, 0.2) is 77.9 Å². The van der Waals surface area contributed by atoms with Crippen LogP contribution in [0.3, 0.4) is 0 Å². The molecule has 1 N–H and O–H groups in total. The van der Waals surface area contributed by atoms with Crippen molar-refractivity contribution in [2.45, 2.75) is 6.61 Å². The van der Waals surface area contributed by atoms with Gasteiger partial charge >= 0.3 is 5.97 Å². The molecule has 3 heterocycles. The molecule has 3 aromatic heterocycles. The van der Waals surface area contributed by atoms with Crippen molar-refractivity contribution in [3.8, 4) is 17.3 Å². The Kier molecular flexibility index (Phi) is 4.48. The monoisotopic (exact) mass is 369 g/mol. The molecular formula is C22H15N3O3. The molecule has 0 bridgehead atoms. The summed E-state index contributed by atoms with van der Waals surface area (Å²) in [5.41, 5.74) is 2.63. The number of fused-ring (bicyclic) bond motifs is 1. The molecule has 6 heteroatoms. The number of aromatic amines is 1. The van der Waals surface area contributed by atoms with E-state index in [0.717, 1.165) is 11.1 Å². The number of carbonyl (C=O) groups is 1. The summed E-state index contributed by atoms with van der Waals surface area (Å²) in [6.45, 7) is -0.0940. The Bertz CT molecular complexity index is 1260. The van der Waals surface area contributed by atoms with Gasteiger partial charge in [0.1, 0.15) is 18.2 Å². The molecule has 0 unspecified atom stereocenters. The normalized spacial score (nSPS) is 10.5. The minimum atomic E-state index is -0.736. The molecule has 4 rings (SSSR count). The van der Waals surface area contributed by atoms with Crippen LogP contribution in [0.2, 0.25) is 0 Å². The second-order valence-corrected chi connectivity index (χ2v) is 6.19. The molecule has 28 heavy (non-hydrogen) atoms. The van der Waals surface area contributed by atoms with Gasteiger partial charge in [-0.3, -0.25) is 4.79 Å². The number of hydrogen-bond acceptors (Lipinski definition) is 4. The third-order valence-electron chi connectivity index (χ3n) is 4.45. The summed E-state index contributed by atoms with van der Waals surface area (Å²) in [5, 5.41) is 9.41. The molecule has 4 aromatic rings. The van der Waals surface area contributed by atoms with Crippen LogP contribution in [0.1, 0.15) is 21.5 Å². The predicted molar refractivity (Wildman–Crippen MR) is 104 cm³/mol. The summed E-state index contributed by atoms with van der Waals surface area (Å²) in [6, 6.07) is 20.1. The SMILES string of the molecule is N#Cc1c(COC(=O)c2ccc(-c3ccccc3)[nH]c2=O)cn2ccccc12. The second kappa shape index (κ2) is 7.25. The van der Waals surface area contributed by atoms with E-state index in [2.05, 4.69) is 11.1 Å². The van der Waals surface area contributed by atoms with Crippen LogP contribution in [0, 0.1) is 11.3 Å². The van der Waals surface area contributed by atoms with E-state index in [9.17, 15) is 14.9 Å². The highest BCUT2D eigenvalue weighted by Gasteiger charge is 2.16. The fourth-order valence-corrected chi connectivity index (χ4v) is 3.06. The molecule has 0 amide bonds. The Labute approximate surface area is 160 Å². The van der Waals surface area contributed by atoms with Gasteiger partial charge in [-0.05, 0) is 29.8 Å². The first kappa shape index (κ1) is 17.3. The van der Waals surface area contributed by atoms with Gasteiger partial charge in [0.25, 0.3) is 5.56 Å². The zero-order valence-corrected chi connectivity index (χ0v) is 14.8. The highest BCUT2D eigenvalue weighted by Crippen LogP contribution is 2.19. The van der Waals surface area contributed by atoms with Gasteiger partial charge in [0, 0.05) is 23.7 Å². The van der Waals surface area contributed by atoms with Gasteiger partial charge in [0.2, 0.25) is 0 Å². The molecular weight excluding hydrogens is 354 g/mol. The molecule has 0 aliphatic rings. The zero-order valence-electron chi connectivity index (χ0n) is 14.8. The zero-order chi connectivity index (χ0) is 19.5. The topological polar surface area (TPSA) is 87.4 Å². The summed E-state index contributed by atoms with van der Waals surface area (Å²) in [5.74, 6) is -0.736. The number of pyridine rings is 2. The number of nitrogens with zero attached hydrogens (tertiary/aromatic N) is 2. The minimum Gasteiger partial charge on any atom is -0.457 e. The number of ether oxygens (including phenoxy) is 1. The lowest BCUT2D eigenvalue weighted by atomic mass is 10.1. The Balaban J connectivity index is 1.55. The van der Waals surface area contributed by atoms with Gasteiger partial charge in [-0.1, -0.05) is 36.4 Å². The quantitative estimate of drug-likeness (QED) is 0.558. The molecule has 0 spiro atoms. The molecule has 0 saturated heterocycles. The maximum atomic E-state index is 12.4. The Morgan fingerprint density at radius 3 is 2.61 bits per heavy atom. The van der Waals surface area contributed by atoms with E-state index in [-0.39, 0.29) is 12.2 Å². The number of benzene rings is 1. The van der Waals surface area contributed by atoms with E-state index >= 15 is 0 Å². The number of nitriles is 1. The van der Waals surface area contributed by atoms with E-state index in [4.69, 9.17) is 4.74 Å². The number of aromatic nitrogens is 2. The summed E-state index contributed by atoms with van der Waals surface area (Å²) >= 11 is 0. The first-order valence-corrected chi connectivity index (χ1v) is 8.62. The average molecular weight is 369 g/mol. The maximum absolute atomic E-state index is 12.4. The second-order valence-electron chi connectivity index (χ2n) is 6.19. The van der Waals surface area contributed by atoms with Crippen LogP contribution in [0.4, 0.5) is 0 Å². The lowest BCUT2D eigenvalue weighted by Gasteiger charge is -2.05. The number of rotatable bonds is 4. The van der Waals surface area contributed by atoms with Gasteiger partial charge in [-0.2, -0.15) is 5.26 Å². The Morgan fingerprint density at radius 1 is 1.07 bits per heavy atom. The third-order valence-corrected chi connectivity index (χ3v) is 4.45. The van der Waals surface area contributed by atoms with E-state index < -0.39 is 11.5 Å². The van der Waals surface area contributed by atoms with Crippen molar-refractivity contribution in [1.82, 2.24) is 9.38 Å². The van der Waals surface area contributed by atoms with Gasteiger partial charge in [-0.25, -0.2) is 4.79 Å². The lowest BCUT2D eigenvalue weighted by molar-refractivity contribution is 0.0470. The van der Waals surface area contributed by atoms with E-state index in [1.54, 1.807) is 16.7 Å². The largest absolute Gasteiger partial charge is 0.457 e. The standard InChI is InChI=1S/C22H15N3O3/c23-12-18-16(13-25-11-5-4-8-20(18)25)14-28-22(27)17-9-10-19(24-21(17)26)15-6-2-1-3-7-15/h1-11,13H,14H2,(H,24,26). The molecule has 6 nitrogen and oxygen atoms in total. The number of H-pyrrole nitrogens is 1. The molecule has 136 valence electrons. The van der Waals surface area contributed by atoms with Crippen LogP contribution in [-0.4, -0.2) is 15.4 Å². The molecule has 0 radical (unpaired) electrons. The molecule has 0 fully saturated rings. The van der Waals surface area contributed by atoms with Gasteiger partial charge in [0.05, 0.1) is 11.1 Å². The first-order valence-electron chi connectivity index (χ1n) is 8.62. The number of carbonyl (C=O) groups excluding carboxylic acids is 1.